The van der Waals surface area contributed by atoms with Crippen LogP contribution in [-0.2, 0) is 0 Å². The molecule has 2 aromatic heterocycles. The van der Waals surface area contributed by atoms with Crippen molar-refractivity contribution in [1.82, 2.24) is 0 Å². The summed E-state index contributed by atoms with van der Waals surface area (Å²) in [7, 11) is 0. The molecular weight excluding hydrogens is 228 g/mol. The SMILES string of the molecule is CCCCCSc1cc2ccsc2s1. The molecule has 0 unspecified atom stereocenters. The van der Waals surface area contributed by atoms with Crippen LogP contribution in [0.4, 0.5) is 0 Å². The van der Waals surface area contributed by atoms with Gasteiger partial charge in [-0.15, -0.1) is 34.4 Å². The smallest absolute Gasteiger partial charge is 0.0876 e. The van der Waals surface area contributed by atoms with Gasteiger partial charge in [-0.1, -0.05) is 19.8 Å². The first-order chi connectivity index (χ1) is 6.90. The fourth-order valence-corrected chi connectivity index (χ4v) is 4.84. The molecule has 0 nitrogen and oxygen atoms in total. The third kappa shape index (κ3) is 2.53. The quantitative estimate of drug-likeness (QED) is 0.510. The Kier molecular flexibility index (Phi) is 3.90. The van der Waals surface area contributed by atoms with E-state index in [-0.39, 0.29) is 0 Å². The molecule has 0 aliphatic rings. The average molecular weight is 242 g/mol. The summed E-state index contributed by atoms with van der Waals surface area (Å²) in [5.41, 5.74) is 0. The van der Waals surface area contributed by atoms with Crippen LogP contribution in [-0.4, -0.2) is 5.75 Å². The monoisotopic (exact) mass is 242 g/mol. The number of thiophene rings is 2. The minimum atomic E-state index is 1.28. The van der Waals surface area contributed by atoms with Crippen LogP contribution in [0.3, 0.4) is 0 Å². The summed E-state index contributed by atoms with van der Waals surface area (Å²) in [6, 6.07) is 4.54. The molecule has 0 aromatic carbocycles. The van der Waals surface area contributed by atoms with Crippen LogP contribution in [0.2, 0.25) is 0 Å². The number of hydrogen-bond acceptors (Lipinski definition) is 3. The van der Waals surface area contributed by atoms with Crippen molar-refractivity contribution >= 4 is 43.8 Å². The predicted molar refractivity (Wildman–Crippen MR) is 70.0 cm³/mol. The molecule has 2 rings (SSSR count). The molecule has 0 saturated carbocycles. The number of unbranched alkanes of at least 4 members (excludes halogenated alkanes) is 2. The molecule has 0 radical (unpaired) electrons. The molecule has 0 amide bonds. The number of thioether (sulfide) groups is 1. The second-order valence-corrected chi connectivity index (χ2v) is 6.91. The molecule has 3 heteroatoms. The van der Waals surface area contributed by atoms with E-state index in [4.69, 9.17) is 0 Å². The Bertz CT molecular complexity index is 357. The zero-order valence-corrected chi connectivity index (χ0v) is 10.7. The van der Waals surface area contributed by atoms with Crippen molar-refractivity contribution in [1.29, 1.82) is 0 Å². The third-order valence-electron chi connectivity index (χ3n) is 2.12. The van der Waals surface area contributed by atoms with Gasteiger partial charge in [-0.3, -0.25) is 0 Å². The fraction of sp³-hybridized carbons (Fsp3) is 0.455. The van der Waals surface area contributed by atoms with Crippen molar-refractivity contribution in [2.75, 3.05) is 5.75 Å². The first kappa shape index (κ1) is 10.5. The van der Waals surface area contributed by atoms with Gasteiger partial charge in [-0.25, -0.2) is 0 Å². The van der Waals surface area contributed by atoms with E-state index in [1.807, 2.05) is 34.4 Å². The van der Waals surface area contributed by atoms with E-state index < -0.39 is 0 Å². The second-order valence-electron chi connectivity index (χ2n) is 3.28. The minimum absolute atomic E-state index is 1.28. The Labute approximate surface area is 97.3 Å². The van der Waals surface area contributed by atoms with E-state index in [9.17, 15) is 0 Å². The van der Waals surface area contributed by atoms with Crippen molar-refractivity contribution in [3.8, 4) is 0 Å². The highest BCUT2D eigenvalue weighted by Gasteiger charge is 2.02. The lowest BCUT2D eigenvalue weighted by Crippen LogP contribution is -1.76. The zero-order chi connectivity index (χ0) is 9.80. The van der Waals surface area contributed by atoms with Gasteiger partial charge in [0.2, 0.25) is 0 Å². The molecule has 0 N–H and O–H groups in total. The van der Waals surface area contributed by atoms with Crippen molar-refractivity contribution in [3.63, 3.8) is 0 Å². The van der Waals surface area contributed by atoms with E-state index in [1.54, 1.807) is 0 Å². The van der Waals surface area contributed by atoms with Gasteiger partial charge in [0.25, 0.3) is 0 Å². The molecule has 0 bridgehead atoms. The topological polar surface area (TPSA) is 0 Å². The zero-order valence-electron chi connectivity index (χ0n) is 8.29. The summed E-state index contributed by atoms with van der Waals surface area (Å²) >= 11 is 5.82. The Hall–Kier alpha value is 0.01000. The lowest BCUT2D eigenvalue weighted by Gasteiger charge is -1.95. The van der Waals surface area contributed by atoms with Crippen LogP contribution < -0.4 is 0 Å². The summed E-state index contributed by atoms with van der Waals surface area (Å²) < 4.78 is 2.96. The van der Waals surface area contributed by atoms with E-state index in [0.717, 1.165) is 0 Å². The van der Waals surface area contributed by atoms with Crippen LogP contribution in [0.1, 0.15) is 26.2 Å². The van der Waals surface area contributed by atoms with Crippen molar-refractivity contribution in [3.05, 3.63) is 17.5 Å². The maximum Gasteiger partial charge on any atom is 0.0876 e. The third-order valence-corrected chi connectivity index (χ3v) is 5.62. The van der Waals surface area contributed by atoms with Gasteiger partial charge in [-0.2, -0.15) is 0 Å². The molecule has 2 heterocycles. The average Bonchev–Trinajstić information content (AvgIpc) is 2.72. The number of hydrogen-bond donors (Lipinski definition) is 0. The summed E-state index contributed by atoms with van der Waals surface area (Å²) in [6.45, 7) is 2.26. The Morgan fingerprint density at radius 3 is 3.07 bits per heavy atom. The van der Waals surface area contributed by atoms with Gasteiger partial charge in [0.1, 0.15) is 0 Å². The van der Waals surface area contributed by atoms with Gasteiger partial charge in [0, 0.05) is 5.39 Å². The fourth-order valence-electron chi connectivity index (χ4n) is 1.34. The van der Waals surface area contributed by atoms with Crippen LogP contribution in [0.25, 0.3) is 9.40 Å². The number of rotatable bonds is 5. The van der Waals surface area contributed by atoms with Gasteiger partial charge in [0.15, 0.2) is 0 Å². The van der Waals surface area contributed by atoms with Crippen LogP contribution in [0.15, 0.2) is 21.7 Å². The highest BCUT2D eigenvalue weighted by atomic mass is 32.2. The summed E-state index contributed by atoms with van der Waals surface area (Å²) in [4.78, 5) is 0. The number of fused-ring (bicyclic) bond motifs is 1. The maximum absolute atomic E-state index is 2.33. The molecule has 0 aliphatic heterocycles. The largest absolute Gasteiger partial charge is 0.133 e. The van der Waals surface area contributed by atoms with Gasteiger partial charge < -0.3 is 0 Å². The van der Waals surface area contributed by atoms with Crippen LogP contribution in [0, 0.1) is 0 Å². The van der Waals surface area contributed by atoms with Gasteiger partial charge >= 0.3 is 0 Å². The van der Waals surface area contributed by atoms with Gasteiger partial charge in [-0.05, 0) is 29.7 Å². The Morgan fingerprint density at radius 1 is 1.36 bits per heavy atom. The first-order valence-corrected chi connectivity index (χ1v) is 7.68. The molecule has 0 saturated heterocycles. The first-order valence-electron chi connectivity index (χ1n) is 5.00. The van der Waals surface area contributed by atoms with Gasteiger partial charge in [0.05, 0.1) is 8.22 Å². The minimum Gasteiger partial charge on any atom is -0.133 e. The Balaban J connectivity index is 1.89. The van der Waals surface area contributed by atoms with E-state index in [1.165, 1.54) is 38.6 Å². The van der Waals surface area contributed by atoms with E-state index >= 15 is 0 Å². The molecule has 2 aromatic rings. The maximum atomic E-state index is 2.33. The predicted octanol–water partition coefficient (Wildman–Crippen LogP) is 5.25. The molecule has 0 aliphatic carbocycles. The molecule has 0 fully saturated rings. The lowest BCUT2D eigenvalue weighted by molar-refractivity contribution is 0.779. The Morgan fingerprint density at radius 2 is 2.29 bits per heavy atom. The molecule has 14 heavy (non-hydrogen) atoms. The second kappa shape index (κ2) is 5.19. The van der Waals surface area contributed by atoms with Crippen molar-refractivity contribution < 1.29 is 0 Å². The highest BCUT2D eigenvalue weighted by Crippen LogP contribution is 2.36. The standard InChI is InChI=1S/C11H14S3/c1-2-3-4-6-12-10-8-9-5-7-13-11(9)14-10/h5,7-8H,2-4,6H2,1H3. The van der Waals surface area contributed by atoms with Crippen LogP contribution in [0.5, 0.6) is 0 Å². The summed E-state index contributed by atoms with van der Waals surface area (Å²) in [5, 5.41) is 3.60. The van der Waals surface area contributed by atoms with Crippen LogP contribution >= 0.6 is 34.4 Å². The van der Waals surface area contributed by atoms with Crippen molar-refractivity contribution in [2.24, 2.45) is 0 Å². The summed E-state index contributed by atoms with van der Waals surface area (Å²) in [6.07, 6.45) is 4.04. The highest BCUT2D eigenvalue weighted by molar-refractivity contribution is 8.01. The van der Waals surface area contributed by atoms with E-state index in [2.05, 4.69) is 24.4 Å². The lowest BCUT2D eigenvalue weighted by atomic mass is 10.3. The molecule has 0 atom stereocenters. The molecular formula is C11H14S3. The van der Waals surface area contributed by atoms with Crippen molar-refractivity contribution in [2.45, 2.75) is 30.4 Å². The molecule has 0 spiro atoms. The normalized spacial score (nSPS) is 11.2. The molecule has 76 valence electrons. The van der Waals surface area contributed by atoms with E-state index in [0.29, 0.717) is 0 Å². The summed E-state index contributed by atoms with van der Waals surface area (Å²) in [5.74, 6) is 1.28.